The minimum absolute atomic E-state index is 0.143. The number of rotatable bonds is 2. The van der Waals surface area contributed by atoms with Crippen molar-refractivity contribution in [2.45, 2.75) is 18.4 Å². The van der Waals surface area contributed by atoms with Crippen LogP contribution in [-0.4, -0.2) is 11.4 Å². The molecular formula is C10H9BrClFN2O. The zero-order valence-corrected chi connectivity index (χ0v) is 10.5. The van der Waals surface area contributed by atoms with Crippen molar-refractivity contribution < 1.29 is 9.18 Å². The van der Waals surface area contributed by atoms with Crippen LogP contribution in [0.3, 0.4) is 0 Å². The van der Waals surface area contributed by atoms with Gasteiger partial charge in [0.25, 0.3) is 0 Å². The maximum atomic E-state index is 12.9. The summed E-state index contributed by atoms with van der Waals surface area (Å²) in [5.74, 6) is -0.759. The lowest BCUT2D eigenvalue weighted by Crippen LogP contribution is -2.38. The predicted octanol–water partition coefficient (Wildman–Crippen LogP) is 2.67. The van der Waals surface area contributed by atoms with Gasteiger partial charge < -0.3 is 11.1 Å². The van der Waals surface area contributed by atoms with E-state index in [2.05, 4.69) is 21.2 Å². The molecule has 1 aromatic rings. The maximum absolute atomic E-state index is 12.9. The lowest BCUT2D eigenvalue weighted by atomic mass is 10.2. The topological polar surface area (TPSA) is 55.1 Å². The van der Waals surface area contributed by atoms with E-state index in [1.165, 1.54) is 6.07 Å². The van der Waals surface area contributed by atoms with Crippen molar-refractivity contribution in [2.24, 2.45) is 5.73 Å². The maximum Gasteiger partial charge on any atom is 0.244 e. The summed E-state index contributed by atoms with van der Waals surface area (Å²) in [7, 11) is 0. The minimum atomic E-state index is -0.781. The Hall–Kier alpha value is -0.650. The van der Waals surface area contributed by atoms with Crippen LogP contribution >= 0.6 is 27.5 Å². The molecule has 2 rings (SSSR count). The van der Waals surface area contributed by atoms with Crippen molar-refractivity contribution in [2.75, 3.05) is 5.32 Å². The molecule has 1 amide bonds. The molecule has 0 aromatic heterocycles. The van der Waals surface area contributed by atoms with Crippen molar-refractivity contribution in [3.63, 3.8) is 0 Å². The summed E-state index contributed by atoms with van der Waals surface area (Å²) in [5.41, 5.74) is 5.29. The predicted molar refractivity (Wildman–Crippen MR) is 63.9 cm³/mol. The summed E-state index contributed by atoms with van der Waals surface area (Å²) in [6.07, 6.45) is 1.32. The number of anilines is 1. The molecule has 1 aliphatic carbocycles. The number of carbonyl (C=O) groups is 1. The van der Waals surface area contributed by atoms with Crippen LogP contribution in [0.2, 0.25) is 5.02 Å². The number of amides is 1. The number of hydrogen-bond acceptors (Lipinski definition) is 2. The van der Waals surface area contributed by atoms with Gasteiger partial charge in [-0.2, -0.15) is 0 Å². The Bertz CT molecular complexity index is 439. The highest BCUT2D eigenvalue weighted by Crippen LogP contribution is 2.36. The van der Waals surface area contributed by atoms with Crippen molar-refractivity contribution in [3.8, 4) is 0 Å². The third kappa shape index (κ3) is 2.21. The standard InChI is InChI=1S/C10H9BrClFN2O/c11-6-3-5(13)4-7(12)8(6)15-9(16)10(14)1-2-10/h3-4H,1-2,14H2,(H,15,16). The molecule has 0 saturated heterocycles. The Kier molecular flexibility index (Phi) is 2.94. The fourth-order valence-corrected chi connectivity index (χ4v) is 2.16. The third-order valence-corrected chi connectivity index (χ3v) is 3.41. The molecule has 0 heterocycles. The molecule has 3 nitrogen and oxygen atoms in total. The van der Waals surface area contributed by atoms with Crippen molar-refractivity contribution in [1.29, 1.82) is 0 Å². The van der Waals surface area contributed by atoms with E-state index in [9.17, 15) is 9.18 Å². The van der Waals surface area contributed by atoms with Crippen molar-refractivity contribution in [1.82, 2.24) is 0 Å². The van der Waals surface area contributed by atoms with E-state index in [4.69, 9.17) is 17.3 Å². The molecular weight excluding hydrogens is 298 g/mol. The monoisotopic (exact) mass is 306 g/mol. The number of nitrogens with two attached hydrogens (primary N) is 1. The first-order valence-electron chi connectivity index (χ1n) is 4.67. The van der Waals surface area contributed by atoms with Crippen molar-refractivity contribution in [3.05, 3.63) is 27.4 Å². The van der Waals surface area contributed by atoms with Crippen LogP contribution in [0.1, 0.15) is 12.8 Å². The van der Waals surface area contributed by atoms with Gasteiger partial charge in [0.15, 0.2) is 0 Å². The van der Waals surface area contributed by atoms with E-state index >= 15 is 0 Å². The molecule has 6 heteroatoms. The Balaban J connectivity index is 2.24. The molecule has 1 aromatic carbocycles. The first kappa shape index (κ1) is 11.8. The second-order valence-electron chi connectivity index (χ2n) is 3.85. The Morgan fingerprint density at radius 3 is 2.69 bits per heavy atom. The number of halogens is 3. The quantitative estimate of drug-likeness (QED) is 0.882. The van der Waals surface area contributed by atoms with E-state index in [1.807, 2.05) is 0 Å². The Morgan fingerprint density at radius 1 is 1.56 bits per heavy atom. The molecule has 0 spiro atoms. The number of carbonyl (C=O) groups excluding carboxylic acids is 1. The lowest BCUT2D eigenvalue weighted by molar-refractivity contribution is -0.118. The normalized spacial score (nSPS) is 17.0. The fraction of sp³-hybridized carbons (Fsp3) is 0.300. The van der Waals surface area contributed by atoms with E-state index < -0.39 is 11.4 Å². The molecule has 1 saturated carbocycles. The van der Waals surface area contributed by atoms with Crippen LogP contribution in [0, 0.1) is 5.82 Å². The SMILES string of the molecule is NC1(C(=O)Nc2c(Cl)cc(F)cc2Br)CC1. The third-order valence-electron chi connectivity index (χ3n) is 2.49. The van der Waals surface area contributed by atoms with Crippen LogP contribution in [0.4, 0.5) is 10.1 Å². The van der Waals surface area contributed by atoms with E-state index in [-0.39, 0.29) is 10.9 Å². The smallest absolute Gasteiger partial charge is 0.244 e. The van der Waals surface area contributed by atoms with Gasteiger partial charge in [0, 0.05) is 4.47 Å². The highest BCUT2D eigenvalue weighted by molar-refractivity contribution is 9.10. The van der Waals surface area contributed by atoms with Crippen LogP contribution < -0.4 is 11.1 Å². The molecule has 1 fully saturated rings. The summed E-state index contributed by atoms with van der Waals surface area (Å²) in [4.78, 5) is 11.7. The number of benzene rings is 1. The summed E-state index contributed by atoms with van der Waals surface area (Å²) in [6.45, 7) is 0. The summed E-state index contributed by atoms with van der Waals surface area (Å²) >= 11 is 8.96. The second-order valence-corrected chi connectivity index (χ2v) is 5.12. The van der Waals surface area contributed by atoms with Gasteiger partial charge in [-0.1, -0.05) is 11.6 Å². The number of hydrogen-bond donors (Lipinski definition) is 2. The van der Waals surface area contributed by atoms with Gasteiger partial charge in [0.1, 0.15) is 5.82 Å². The molecule has 0 atom stereocenters. The average Bonchev–Trinajstić information content (AvgIpc) is 2.91. The van der Waals surface area contributed by atoms with Gasteiger partial charge in [-0.25, -0.2) is 4.39 Å². The average molecular weight is 308 g/mol. The molecule has 0 radical (unpaired) electrons. The lowest BCUT2D eigenvalue weighted by Gasteiger charge is -2.13. The Labute approximate surface area is 105 Å². The Morgan fingerprint density at radius 2 is 2.19 bits per heavy atom. The molecule has 3 N–H and O–H groups in total. The fourth-order valence-electron chi connectivity index (χ4n) is 1.26. The van der Waals surface area contributed by atoms with Gasteiger partial charge >= 0.3 is 0 Å². The molecule has 86 valence electrons. The van der Waals surface area contributed by atoms with E-state index in [1.54, 1.807) is 0 Å². The van der Waals surface area contributed by atoms with Crippen LogP contribution in [-0.2, 0) is 4.79 Å². The first-order chi connectivity index (χ1) is 7.42. The van der Waals surface area contributed by atoms with Gasteiger partial charge in [0.05, 0.1) is 16.2 Å². The molecule has 0 aliphatic heterocycles. The molecule has 0 bridgehead atoms. The van der Waals surface area contributed by atoms with Gasteiger partial charge in [0.2, 0.25) is 5.91 Å². The van der Waals surface area contributed by atoms with Gasteiger partial charge in [-0.15, -0.1) is 0 Å². The molecule has 16 heavy (non-hydrogen) atoms. The van der Waals surface area contributed by atoms with Crippen LogP contribution in [0.25, 0.3) is 0 Å². The van der Waals surface area contributed by atoms with Crippen LogP contribution in [0.15, 0.2) is 16.6 Å². The van der Waals surface area contributed by atoms with E-state index in [0.29, 0.717) is 23.0 Å². The summed E-state index contributed by atoms with van der Waals surface area (Å²) in [5, 5.41) is 2.74. The van der Waals surface area contributed by atoms with Crippen LogP contribution in [0.5, 0.6) is 0 Å². The summed E-state index contributed by atoms with van der Waals surface area (Å²) in [6, 6.07) is 2.37. The first-order valence-corrected chi connectivity index (χ1v) is 5.84. The van der Waals surface area contributed by atoms with Crippen molar-refractivity contribution >= 4 is 39.1 Å². The zero-order valence-electron chi connectivity index (χ0n) is 8.19. The molecule has 1 aliphatic rings. The number of nitrogens with one attached hydrogen (secondary N) is 1. The minimum Gasteiger partial charge on any atom is -0.322 e. The zero-order chi connectivity index (χ0) is 11.9. The second kappa shape index (κ2) is 3.98. The van der Waals surface area contributed by atoms with Gasteiger partial charge in [-0.05, 0) is 40.9 Å². The molecule has 0 unspecified atom stereocenters. The highest BCUT2D eigenvalue weighted by atomic mass is 79.9. The highest BCUT2D eigenvalue weighted by Gasteiger charge is 2.46. The summed E-state index contributed by atoms with van der Waals surface area (Å²) < 4.78 is 13.3. The van der Waals surface area contributed by atoms with E-state index in [0.717, 1.165) is 6.07 Å². The largest absolute Gasteiger partial charge is 0.322 e. The van der Waals surface area contributed by atoms with Gasteiger partial charge in [-0.3, -0.25) is 4.79 Å².